The third-order valence-corrected chi connectivity index (χ3v) is 7.76. The van der Waals surface area contributed by atoms with Crippen LogP contribution in [0.3, 0.4) is 0 Å². The van der Waals surface area contributed by atoms with Gasteiger partial charge >= 0.3 is 0 Å². The third kappa shape index (κ3) is 10.6. The number of hydrogen-bond acceptors (Lipinski definition) is 4. The Bertz CT molecular complexity index is 1270. The van der Waals surface area contributed by atoms with Crippen LogP contribution in [0.1, 0.15) is 77.5 Å². The van der Waals surface area contributed by atoms with E-state index in [0.29, 0.717) is 18.3 Å². The molecule has 0 aliphatic carbocycles. The summed E-state index contributed by atoms with van der Waals surface area (Å²) >= 11 is 0. The van der Waals surface area contributed by atoms with Crippen LogP contribution < -0.4 is 10.6 Å². The summed E-state index contributed by atoms with van der Waals surface area (Å²) in [6.45, 7) is 18.9. The number of amidine groups is 1. The molecule has 42 heavy (non-hydrogen) atoms. The number of carbonyl (C=O) groups excluding carboxylic acids is 2. The quantitative estimate of drug-likeness (QED) is 0.238. The molecule has 1 amide bonds. The Hall–Kier alpha value is -3.77. The molecule has 226 valence electrons. The molecule has 0 fully saturated rings. The molecule has 0 saturated carbocycles. The zero-order chi connectivity index (χ0) is 31.1. The van der Waals surface area contributed by atoms with Gasteiger partial charge in [0.25, 0.3) is 0 Å². The second kappa shape index (κ2) is 17.9. The van der Waals surface area contributed by atoms with Gasteiger partial charge in [0, 0.05) is 36.4 Å². The van der Waals surface area contributed by atoms with Gasteiger partial charge in [0.2, 0.25) is 5.91 Å². The van der Waals surface area contributed by atoms with E-state index in [4.69, 9.17) is 14.5 Å². The number of rotatable bonds is 13. The number of benzene rings is 2. The minimum Gasteiger partial charge on any atom is -0.381 e. The highest BCUT2D eigenvalue weighted by Crippen LogP contribution is 2.31. The molecule has 2 unspecified atom stereocenters. The molecular formula is C36H49N3O3. The molecule has 6 nitrogen and oxygen atoms in total. The molecule has 3 rings (SSSR count). The Balaban J connectivity index is 0.00000301. The molecule has 1 aliphatic rings. The van der Waals surface area contributed by atoms with Gasteiger partial charge in [-0.25, -0.2) is 4.99 Å². The van der Waals surface area contributed by atoms with E-state index in [2.05, 4.69) is 58.3 Å². The van der Waals surface area contributed by atoms with Crippen LogP contribution in [0.25, 0.3) is 5.70 Å². The summed E-state index contributed by atoms with van der Waals surface area (Å²) in [7, 11) is 0. The van der Waals surface area contributed by atoms with Crippen molar-refractivity contribution in [2.45, 2.75) is 74.1 Å². The summed E-state index contributed by atoms with van der Waals surface area (Å²) in [5.74, 6) is 1.76. The van der Waals surface area contributed by atoms with E-state index in [-0.39, 0.29) is 5.91 Å². The van der Waals surface area contributed by atoms with Crippen molar-refractivity contribution < 1.29 is 14.3 Å². The summed E-state index contributed by atoms with van der Waals surface area (Å²) in [6.07, 6.45) is 7.59. The van der Waals surface area contributed by atoms with E-state index in [1.54, 1.807) is 0 Å². The first-order valence-electron chi connectivity index (χ1n) is 15.0. The van der Waals surface area contributed by atoms with Gasteiger partial charge in [-0.1, -0.05) is 80.8 Å². The van der Waals surface area contributed by atoms with Crippen LogP contribution in [0.4, 0.5) is 5.69 Å². The van der Waals surface area contributed by atoms with Crippen molar-refractivity contribution in [3.05, 3.63) is 94.2 Å². The molecule has 2 atom stereocenters. The molecule has 2 aromatic carbocycles. The van der Waals surface area contributed by atoms with Gasteiger partial charge in [0.1, 0.15) is 12.6 Å². The lowest BCUT2D eigenvalue weighted by molar-refractivity contribution is -0.115. The minimum atomic E-state index is -0.0219. The normalized spacial score (nSPS) is 16.6. The van der Waals surface area contributed by atoms with Crippen LogP contribution >= 0.6 is 0 Å². The van der Waals surface area contributed by atoms with Gasteiger partial charge in [-0.05, 0) is 81.2 Å². The number of nitrogens with one attached hydrogen (secondary N) is 2. The number of ether oxygens (including phenoxy) is 1. The van der Waals surface area contributed by atoms with E-state index in [0.717, 1.165) is 66.4 Å². The van der Waals surface area contributed by atoms with E-state index in [1.807, 2.05) is 68.4 Å². The maximum atomic E-state index is 12.6. The van der Waals surface area contributed by atoms with Crippen molar-refractivity contribution in [1.82, 2.24) is 5.32 Å². The molecular weight excluding hydrogens is 522 g/mol. The number of aryl methyl sites for hydroxylation is 1. The van der Waals surface area contributed by atoms with Gasteiger partial charge in [-0.15, -0.1) is 0 Å². The summed E-state index contributed by atoms with van der Waals surface area (Å²) in [5, 5.41) is 6.59. The summed E-state index contributed by atoms with van der Waals surface area (Å²) in [5.41, 5.74) is 8.76. The highest BCUT2D eigenvalue weighted by molar-refractivity contribution is 6.12. The second-order valence-electron chi connectivity index (χ2n) is 11.0. The molecule has 6 heteroatoms. The number of allylic oxidation sites excluding steroid dienone is 2. The van der Waals surface area contributed by atoms with E-state index in [1.165, 1.54) is 16.7 Å². The van der Waals surface area contributed by atoms with Gasteiger partial charge in [0.05, 0.1) is 6.42 Å². The first kappa shape index (κ1) is 34.4. The molecule has 1 heterocycles. The fraction of sp³-hybridized carbons (Fsp3) is 0.417. The van der Waals surface area contributed by atoms with Crippen LogP contribution in [0.15, 0.2) is 82.5 Å². The Morgan fingerprint density at radius 2 is 1.69 bits per heavy atom. The number of hydrogen-bond donors (Lipinski definition) is 2. The zero-order valence-corrected chi connectivity index (χ0v) is 26.5. The number of amides is 1. The van der Waals surface area contributed by atoms with Crippen molar-refractivity contribution >= 4 is 29.9 Å². The predicted octanol–water partition coefficient (Wildman–Crippen LogP) is 8.05. The van der Waals surface area contributed by atoms with Gasteiger partial charge in [-0.2, -0.15) is 0 Å². The monoisotopic (exact) mass is 571 g/mol. The Labute approximate surface area is 253 Å². The molecule has 1 aliphatic heterocycles. The van der Waals surface area contributed by atoms with Crippen LogP contribution in [0.2, 0.25) is 0 Å². The second-order valence-corrected chi connectivity index (χ2v) is 11.0. The SMILES string of the molecule is C=O.CCCOCCC(C)C(C)/C(C)=C1\C=C(c2ccc(NC(=O)Cc3ccc(C)cc3)cc2)NC1=NC=C(C)CC. The van der Waals surface area contributed by atoms with Crippen LogP contribution in [-0.2, 0) is 20.7 Å². The maximum absolute atomic E-state index is 12.6. The zero-order valence-electron chi connectivity index (χ0n) is 26.5. The predicted molar refractivity (Wildman–Crippen MR) is 176 cm³/mol. The number of nitrogens with zero attached hydrogens (tertiary/aromatic N) is 1. The topological polar surface area (TPSA) is 79.8 Å². The average molecular weight is 572 g/mol. The fourth-order valence-electron chi connectivity index (χ4n) is 4.53. The van der Waals surface area contributed by atoms with E-state index in [9.17, 15) is 4.79 Å². The largest absolute Gasteiger partial charge is 0.381 e. The third-order valence-electron chi connectivity index (χ3n) is 7.76. The highest BCUT2D eigenvalue weighted by atomic mass is 16.5. The Kier molecular flexibility index (Phi) is 14.7. The summed E-state index contributed by atoms with van der Waals surface area (Å²) in [4.78, 5) is 25.4. The molecule has 0 aromatic heterocycles. The van der Waals surface area contributed by atoms with Gasteiger partial charge in [-0.3, -0.25) is 4.79 Å². The van der Waals surface area contributed by atoms with E-state index < -0.39 is 0 Å². The summed E-state index contributed by atoms with van der Waals surface area (Å²) < 4.78 is 5.75. The lowest BCUT2D eigenvalue weighted by Gasteiger charge is -2.22. The summed E-state index contributed by atoms with van der Waals surface area (Å²) in [6, 6.07) is 16.1. The fourth-order valence-corrected chi connectivity index (χ4v) is 4.53. The number of carbonyl (C=O) groups is 2. The molecule has 2 N–H and O–H groups in total. The maximum Gasteiger partial charge on any atom is 0.228 e. The van der Waals surface area contributed by atoms with Crippen molar-refractivity contribution in [2.75, 3.05) is 18.5 Å². The van der Waals surface area contributed by atoms with Crippen molar-refractivity contribution in [3.63, 3.8) is 0 Å². The van der Waals surface area contributed by atoms with Crippen LogP contribution in [-0.4, -0.2) is 31.7 Å². The Morgan fingerprint density at radius 3 is 2.31 bits per heavy atom. The van der Waals surface area contributed by atoms with Crippen molar-refractivity contribution in [2.24, 2.45) is 16.8 Å². The number of anilines is 1. The van der Waals surface area contributed by atoms with Crippen LogP contribution in [0.5, 0.6) is 0 Å². The average Bonchev–Trinajstić information content (AvgIpc) is 3.44. The van der Waals surface area contributed by atoms with E-state index >= 15 is 0 Å². The standard InChI is InChI=1S/C35H47N3O2.CH2O/c1-8-19-40-20-18-26(5)27(6)28(7)32-22-33(38-35(32)36-23-24(3)9-2)30-14-16-31(17-15-30)37-34(39)21-29-12-10-25(4)11-13-29;1-2/h10-17,22-23,26-27H,8-9,18-21H2,1-7H3,(H,36,38)(H,37,39);1H2/b24-23?,32-28+;. The molecule has 0 bridgehead atoms. The van der Waals surface area contributed by atoms with Gasteiger partial charge < -0.3 is 20.2 Å². The number of aliphatic imine (C=N–C) groups is 1. The van der Waals surface area contributed by atoms with Crippen molar-refractivity contribution in [3.8, 4) is 0 Å². The lowest BCUT2D eigenvalue weighted by Crippen LogP contribution is -2.20. The smallest absolute Gasteiger partial charge is 0.228 e. The molecule has 0 saturated heterocycles. The first-order chi connectivity index (χ1) is 20.2. The first-order valence-corrected chi connectivity index (χ1v) is 15.0. The Morgan fingerprint density at radius 1 is 1.02 bits per heavy atom. The molecule has 0 spiro atoms. The van der Waals surface area contributed by atoms with Crippen molar-refractivity contribution in [1.29, 1.82) is 0 Å². The van der Waals surface area contributed by atoms with Gasteiger partial charge in [0.15, 0.2) is 0 Å². The highest BCUT2D eigenvalue weighted by Gasteiger charge is 2.24. The van der Waals surface area contributed by atoms with Crippen LogP contribution in [0, 0.1) is 18.8 Å². The minimum absolute atomic E-state index is 0.0219. The molecule has 0 radical (unpaired) electrons. The lowest BCUT2D eigenvalue weighted by atomic mass is 9.85. The molecule has 2 aromatic rings.